The van der Waals surface area contributed by atoms with Crippen LogP contribution in [0, 0.1) is 12.8 Å². The van der Waals surface area contributed by atoms with E-state index in [-0.39, 0.29) is 18.4 Å². The highest BCUT2D eigenvalue weighted by molar-refractivity contribution is 7.17. The van der Waals surface area contributed by atoms with Crippen LogP contribution in [0.25, 0.3) is 11.1 Å². The molecule has 0 bridgehead atoms. The summed E-state index contributed by atoms with van der Waals surface area (Å²) in [6.45, 7) is 7.91. The zero-order chi connectivity index (χ0) is 18.6. The first-order valence-electron chi connectivity index (χ1n) is 8.19. The highest BCUT2D eigenvalue weighted by atomic mass is 35.5. The van der Waals surface area contributed by atoms with Crippen molar-refractivity contribution in [3.8, 4) is 11.1 Å². The van der Waals surface area contributed by atoms with Gasteiger partial charge in [0.1, 0.15) is 10.6 Å². The lowest BCUT2D eigenvalue weighted by Gasteiger charge is -2.10. The van der Waals surface area contributed by atoms with E-state index < -0.39 is 5.97 Å². The molecular formula is C19H22ClNO3S. The number of nitrogens with one attached hydrogen (secondary N) is 1. The summed E-state index contributed by atoms with van der Waals surface area (Å²) in [5.74, 6) is -0.302. The minimum atomic E-state index is -0.434. The van der Waals surface area contributed by atoms with Gasteiger partial charge in [-0.2, -0.15) is 0 Å². The summed E-state index contributed by atoms with van der Waals surface area (Å²) < 4.78 is 5.22. The number of hydrogen-bond donors (Lipinski definition) is 1. The summed E-state index contributed by atoms with van der Waals surface area (Å²) in [4.78, 5) is 25.7. The SMILES string of the molecule is CCOC(=O)c1c(NC(=O)CC(C)C)sc(C)c1-c1ccc(Cl)cc1. The molecule has 1 N–H and O–H groups in total. The van der Waals surface area contributed by atoms with Gasteiger partial charge in [-0.1, -0.05) is 37.6 Å². The van der Waals surface area contributed by atoms with Crippen LogP contribution in [0.1, 0.15) is 42.4 Å². The average Bonchev–Trinajstić information content (AvgIpc) is 2.83. The standard InChI is InChI=1S/C19H22ClNO3S/c1-5-24-19(23)17-16(13-6-8-14(20)9-7-13)12(4)25-18(17)21-15(22)10-11(2)3/h6-9,11H,5,10H2,1-4H3,(H,21,22). The Morgan fingerprint density at radius 2 is 1.88 bits per heavy atom. The van der Waals surface area contributed by atoms with Gasteiger partial charge in [-0.3, -0.25) is 4.79 Å². The van der Waals surface area contributed by atoms with Crippen molar-refractivity contribution in [2.45, 2.75) is 34.1 Å². The second kappa shape index (κ2) is 8.50. The van der Waals surface area contributed by atoms with Crippen LogP contribution in [0.15, 0.2) is 24.3 Å². The quantitative estimate of drug-likeness (QED) is 0.670. The summed E-state index contributed by atoms with van der Waals surface area (Å²) in [5.41, 5.74) is 2.05. The molecule has 0 aliphatic rings. The molecule has 134 valence electrons. The zero-order valence-electron chi connectivity index (χ0n) is 14.8. The number of carbonyl (C=O) groups is 2. The summed E-state index contributed by atoms with van der Waals surface area (Å²) in [6, 6.07) is 7.28. The molecule has 0 aliphatic carbocycles. The van der Waals surface area contributed by atoms with Gasteiger partial charge in [0.15, 0.2) is 0 Å². The number of benzene rings is 1. The second-order valence-corrected chi connectivity index (χ2v) is 7.77. The monoisotopic (exact) mass is 379 g/mol. The van der Waals surface area contributed by atoms with Crippen molar-refractivity contribution < 1.29 is 14.3 Å². The Kier molecular flexibility index (Phi) is 6.62. The van der Waals surface area contributed by atoms with Gasteiger partial charge in [0, 0.05) is 21.9 Å². The lowest BCUT2D eigenvalue weighted by Crippen LogP contribution is -2.16. The molecule has 0 spiro atoms. The molecule has 6 heteroatoms. The van der Waals surface area contributed by atoms with E-state index in [1.165, 1.54) is 11.3 Å². The number of aryl methyl sites for hydroxylation is 1. The zero-order valence-corrected chi connectivity index (χ0v) is 16.4. The highest BCUT2D eigenvalue weighted by Crippen LogP contribution is 2.40. The number of carbonyl (C=O) groups excluding carboxylic acids is 2. The van der Waals surface area contributed by atoms with Gasteiger partial charge in [0.2, 0.25) is 5.91 Å². The summed E-state index contributed by atoms with van der Waals surface area (Å²) >= 11 is 7.35. The fourth-order valence-corrected chi connectivity index (χ4v) is 3.75. The topological polar surface area (TPSA) is 55.4 Å². The van der Waals surface area contributed by atoms with Crippen molar-refractivity contribution in [3.63, 3.8) is 0 Å². The van der Waals surface area contributed by atoms with Crippen molar-refractivity contribution in [1.29, 1.82) is 0 Å². The van der Waals surface area contributed by atoms with Gasteiger partial charge in [0.05, 0.1) is 6.61 Å². The molecule has 1 aromatic heterocycles. The lowest BCUT2D eigenvalue weighted by atomic mass is 10.0. The molecule has 0 aliphatic heterocycles. The van der Waals surface area contributed by atoms with Crippen LogP contribution >= 0.6 is 22.9 Å². The number of rotatable bonds is 6. The third-order valence-corrected chi connectivity index (χ3v) is 4.82. The Morgan fingerprint density at radius 1 is 1.24 bits per heavy atom. The van der Waals surface area contributed by atoms with E-state index in [0.717, 1.165) is 16.0 Å². The van der Waals surface area contributed by atoms with E-state index in [1.54, 1.807) is 19.1 Å². The second-order valence-electron chi connectivity index (χ2n) is 6.11. The predicted molar refractivity (Wildman–Crippen MR) is 104 cm³/mol. The number of amides is 1. The predicted octanol–water partition coefficient (Wildman–Crippen LogP) is 5.54. The molecule has 1 heterocycles. The minimum Gasteiger partial charge on any atom is -0.462 e. The molecule has 4 nitrogen and oxygen atoms in total. The molecular weight excluding hydrogens is 358 g/mol. The van der Waals surface area contributed by atoms with Crippen molar-refractivity contribution in [1.82, 2.24) is 0 Å². The number of ether oxygens (including phenoxy) is 1. The van der Waals surface area contributed by atoms with Crippen LogP contribution in [0.2, 0.25) is 5.02 Å². The molecule has 0 unspecified atom stereocenters. The van der Waals surface area contributed by atoms with Gasteiger partial charge < -0.3 is 10.1 Å². The van der Waals surface area contributed by atoms with Gasteiger partial charge in [-0.05, 0) is 37.5 Å². The van der Waals surface area contributed by atoms with Crippen molar-refractivity contribution in [2.75, 3.05) is 11.9 Å². The Morgan fingerprint density at radius 3 is 2.44 bits per heavy atom. The van der Waals surface area contributed by atoms with Gasteiger partial charge in [-0.15, -0.1) is 11.3 Å². The lowest BCUT2D eigenvalue weighted by molar-refractivity contribution is -0.116. The Labute approximate surface area is 157 Å². The van der Waals surface area contributed by atoms with E-state index in [1.807, 2.05) is 32.9 Å². The molecule has 2 aromatic rings. The van der Waals surface area contributed by atoms with Crippen molar-refractivity contribution in [2.24, 2.45) is 5.92 Å². The summed E-state index contributed by atoms with van der Waals surface area (Å²) in [7, 11) is 0. The largest absolute Gasteiger partial charge is 0.462 e. The first-order chi connectivity index (χ1) is 11.8. The number of hydrogen-bond acceptors (Lipinski definition) is 4. The number of anilines is 1. The Balaban J connectivity index is 2.49. The van der Waals surface area contributed by atoms with Gasteiger partial charge in [-0.25, -0.2) is 4.79 Å². The van der Waals surface area contributed by atoms with Crippen LogP contribution in [-0.4, -0.2) is 18.5 Å². The Bertz CT molecular complexity index is 766. The fraction of sp³-hybridized carbons (Fsp3) is 0.368. The van der Waals surface area contributed by atoms with E-state index >= 15 is 0 Å². The molecule has 0 fully saturated rings. The molecule has 0 saturated carbocycles. The molecule has 25 heavy (non-hydrogen) atoms. The van der Waals surface area contributed by atoms with Crippen LogP contribution in [-0.2, 0) is 9.53 Å². The van der Waals surface area contributed by atoms with Crippen LogP contribution in [0.5, 0.6) is 0 Å². The van der Waals surface area contributed by atoms with Crippen LogP contribution in [0.3, 0.4) is 0 Å². The third-order valence-electron chi connectivity index (χ3n) is 3.54. The smallest absolute Gasteiger partial charge is 0.341 e. The van der Waals surface area contributed by atoms with Crippen molar-refractivity contribution in [3.05, 3.63) is 39.7 Å². The fourth-order valence-electron chi connectivity index (χ4n) is 2.54. The average molecular weight is 380 g/mol. The summed E-state index contributed by atoms with van der Waals surface area (Å²) in [5, 5.41) is 4.03. The summed E-state index contributed by atoms with van der Waals surface area (Å²) in [6.07, 6.45) is 0.398. The van der Waals surface area contributed by atoms with Crippen molar-refractivity contribution >= 4 is 39.8 Å². The maximum Gasteiger partial charge on any atom is 0.341 e. The van der Waals surface area contributed by atoms with E-state index in [0.29, 0.717) is 22.0 Å². The first kappa shape index (κ1) is 19.5. The molecule has 0 atom stereocenters. The number of thiophene rings is 1. The maximum atomic E-state index is 12.6. The van der Waals surface area contributed by atoms with Crippen LogP contribution in [0.4, 0.5) is 5.00 Å². The highest BCUT2D eigenvalue weighted by Gasteiger charge is 2.25. The van der Waals surface area contributed by atoms with Gasteiger partial charge >= 0.3 is 5.97 Å². The Hall–Kier alpha value is -1.85. The normalized spacial score (nSPS) is 10.8. The molecule has 1 amide bonds. The van der Waals surface area contributed by atoms with Gasteiger partial charge in [0.25, 0.3) is 0 Å². The first-order valence-corrected chi connectivity index (χ1v) is 9.39. The number of halogens is 1. The van der Waals surface area contributed by atoms with E-state index in [9.17, 15) is 9.59 Å². The van der Waals surface area contributed by atoms with E-state index in [2.05, 4.69) is 5.32 Å². The van der Waals surface area contributed by atoms with Crippen LogP contribution < -0.4 is 5.32 Å². The molecule has 2 rings (SSSR count). The molecule has 1 aromatic carbocycles. The third kappa shape index (κ3) is 4.83. The number of esters is 1. The molecule has 0 saturated heterocycles. The minimum absolute atomic E-state index is 0.107. The maximum absolute atomic E-state index is 12.6. The molecule has 0 radical (unpaired) electrons. The van der Waals surface area contributed by atoms with E-state index in [4.69, 9.17) is 16.3 Å².